The van der Waals surface area contributed by atoms with Crippen molar-refractivity contribution in [3.05, 3.63) is 283 Å². The molecule has 0 N–H and O–H groups in total. The molecule has 0 fully saturated rings. The van der Waals surface area contributed by atoms with Gasteiger partial charge in [-0.3, -0.25) is 19.9 Å². The van der Waals surface area contributed by atoms with Gasteiger partial charge in [0.2, 0.25) is 27.2 Å². The SMILES string of the molecule is CC1c2cc3c4c(C[n+]5ccncc5)c2OCOc2c1cc1c(c2C[n+]2ccncc2)OCOc2c(cc5c(c2C[n+]2ccncc2)OCOc2c(cc(c(c2C[n+]2ccncc2)OCO4)C3C)C5C)C1C.CCOCCOc1c2cc(S(=O)(=O)[O-])cc1Cc1cc(S(=O)(=O)[O-])cc(c1OCCOCC)Cc1cc(S(=O)(=O)[O-])cc(c1OCCOCC)Cc1cc(S(=O)(=O)[O-])cc(c1OCCOCC)C2. The Kier molecular flexibility index (Phi) is 30.1. The van der Waals surface area contributed by atoms with Crippen molar-refractivity contribution >= 4 is 40.5 Å². The first-order valence-corrected chi connectivity index (χ1v) is 51.4. The lowest BCUT2D eigenvalue weighted by Crippen LogP contribution is -2.36. The Morgan fingerprint density at radius 1 is 0.271 bits per heavy atom. The number of nitrogens with zero attached hydrogens (tertiary/aromatic N) is 8. The van der Waals surface area contributed by atoms with E-state index in [-0.39, 0.29) is 198 Å². The van der Waals surface area contributed by atoms with Crippen molar-refractivity contribution in [3.8, 4) is 69.0 Å². The highest BCUT2D eigenvalue weighted by Crippen LogP contribution is 2.57. The zero-order valence-electron chi connectivity index (χ0n) is 78.1. The molecule has 16 bridgehead atoms. The molecule has 36 nitrogen and oxygen atoms in total. The van der Waals surface area contributed by atoms with Crippen LogP contribution in [0.2, 0.25) is 0 Å². The van der Waals surface area contributed by atoms with E-state index in [2.05, 4.69) is 90.2 Å². The summed E-state index contributed by atoms with van der Waals surface area (Å²) >= 11 is 0. The van der Waals surface area contributed by atoms with E-state index in [0.29, 0.717) is 72.2 Å². The Labute approximate surface area is 810 Å². The topological polar surface area (TPSA) is 444 Å². The van der Waals surface area contributed by atoms with Crippen LogP contribution in [-0.2, 0) is 111 Å². The molecule has 18 rings (SSSR count). The zero-order chi connectivity index (χ0) is 98.3. The number of ether oxygens (including phenoxy) is 16. The standard InChI is InChI=1S/C56H52N8O8.C44H56O20S4/c1-33-37-21-39-34(2)41-23-43-36(4)44-24-42-35(3)40-22-38(33)50-46(26-62-15-7-58-8-16-62)52(40)68-31-70-54(42)48(28-64-19-11-60-12-20-64)56(44)72-32-71-55(43)47(27-63-17-9-59-10-18-63)53(41)69-30-67-51(39)45(49(37)65-29-66-50)25-61-13-5-57-6-14-61;1-5-57-9-13-61-41-29-17-31-23-38(66(48,49)50)25-33(42(31)62-14-10-58-6-2)19-35-27-40(68(54,55)56)28-36(44(35)64-16-12-60-8-4)20-34-26-39(67(51,52)53)24-32(43(34)63-15-11-59-7-3)18-30(41)22-37(21-29)65(45,46)47/h5-24,33-36H,25-32H2,1-4H3;21-28H,5-20H2,1-4H3,(H,45,46,47)(H,48,49,50)(H,51,52,53)(H,54,55,56)/q+4;/p-4. The minimum atomic E-state index is -5.30. The van der Waals surface area contributed by atoms with Gasteiger partial charge in [-0.05, 0) is 100 Å². The van der Waals surface area contributed by atoms with E-state index in [1.165, 1.54) is 0 Å². The van der Waals surface area contributed by atoms with Crippen molar-refractivity contribution in [1.82, 2.24) is 19.9 Å². The zero-order valence-corrected chi connectivity index (χ0v) is 81.4. The molecule has 2 aliphatic carbocycles. The number of hydrogen-bond acceptors (Lipinski definition) is 32. The second-order valence-electron chi connectivity index (χ2n) is 33.9. The molecule has 0 saturated heterocycles. The lowest BCUT2D eigenvalue weighted by Gasteiger charge is -2.35. The van der Waals surface area contributed by atoms with Crippen LogP contribution in [0.25, 0.3) is 0 Å². The van der Waals surface area contributed by atoms with Gasteiger partial charge in [0.05, 0.1) is 95.6 Å². The summed E-state index contributed by atoms with van der Waals surface area (Å²) in [6, 6.07) is 17.1. The molecule has 140 heavy (non-hydrogen) atoms. The van der Waals surface area contributed by atoms with E-state index >= 15 is 0 Å². The summed E-state index contributed by atoms with van der Waals surface area (Å²) in [6.45, 7) is 17.8. The van der Waals surface area contributed by atoms with Gasteiger partial charge in [0.25, 0.3) is 0 Å². The Hall–Kier alpha value is -12.8. The van der Waals surface area contributed by atoms with E-state index in [9.17, 15) is 51.9 Å². The highest BCUT2D eigenvalue weighted by atomic mass is 32.2. The molecule has 4 aromatic heterocycles. The van der Waals surface area contributed by atoms with E-state index in [4.69, 9.17) is 75.8 Å². The van der Waals surface area contributed by atoms with Gasteiger partial charge < -0.3 is 94.0 Å². The molecule has 0 radical (unpaired) electrons. The molecule has 6 aliphatic rings. The third kappa shape index (κ3) is 21.6. The highest BCUT2D eigenvalue weighted by Gasteiger charge is 2.42. The van der Waals surface area contributed by atoms with Gasteiger partial charge in [0.1, 0.15) is 158 Å². The third-order valence-corrected chi connectivity index (χ3v) is 28.5. The molecule has 0 amide bonds. The summed E-state index contributed by atoms with van der Waals surface area (Å²) in [5, 5.41) is 0. The fourth-order valence-corrected chi connectivity index (χ4v) is 21.1. The molecule has 8 aromatic carbocycles. The number of aromatic nitrogens is 8. The summed E-state index contributed by atoms with van der Waals surface area (Å²) in [5.74, 6) is 4.37. The predicted molar refractivity (Wildman–Crippen MR) is 491 cm³/mol. The lowest BCUT2D eigenvalue weighted by atomic mass is 9.78. The van der Waals surface area contributed by atoms with Gasteiger partial charge in [-0.15, -0.1) is 0 Å². The second-order valence-corrected chi connectivity index (χ2v) is 39.5. The molecule has 8 heterocycles. The molecule has 4 aliphatic heterocycles. The summed E-state index contributed by atoms with van der Waals surface area (Å²) < 4.78 is 266. The largest absolute Gasteiger partial charge is 0.744 e. The minimum absolute atomic E-state index is 0.00443. The summed E-state index contributed by atoms with van der Waals surface area (Å²) in [7, 11) is -21.2. The predicted octanol–water partition coefficient (Wildman–Crippen LogP) is 10.1. The van der Waals surface area contributed by atoms with Crippen LogP contribution in [0.4, 0.5) is 0 Å². The maximum Gasteiger partial charge on any atom is 0.230 e. The van der Waals surface area contributed by atoms with Gasteiger partial charge >= 0.3 is 0 Å². The second kappa shape index (κ2) is 42.7. The first-order chi connectivity index (χ1) is 67.5. The van der Waals surface area contributed by atoms with E-state index < -0.39 is 85.7 Å². The van der Waals surface area contributed by atoms with Gasteiger partial charge in [-0.25, -0.2) is 33.7 Å². The molecule has 0 atom stereocenters. The molecule has 0 spiro atoms. The number of benzene rings is 8. The van der Waals surface area contributed by atoms with Crippen LogP contribution in [-0.4, -0.2) is 178 Å². The molecule has 736 valence electrons. The van der Waals surface area contributed by atoms with Crippen molar-refractivity contribution in [1.29, 1.82) is 0 Å². The average Bonchev–Trinajstić information content (AvgIpc) is 0.715. The summed E-state index contributed by atoms with van der Waals surface area (Å²) in [5.41, 5.74) is 11.1. The molecule has 0 saturated carbocycles. The maximum atomic E-state index is 12.9. The van der Waals surface area contributed by atoms with Crippen LogP contribution >= 0.6 is 0 Å². The molecule has 12 aromatic rings. The van der Waals surface area contributed by atoms with Gasteiger partial charge in [0, 0.05) is 165 Å². The summed E-state index contributed by atoms with van der Waals surface area (Å²) in [6.07, 6.45) is 27.9. The van der Waals surface area contributed by atoms with Crippen molar-refractivity contribution < 1.29 is 146 Å². The first-order valence-electron chi connectivity index (χ1n) is 45.7. The van der Waals surface area contributed by atoms with Crippen LogP contribution in [0.15, 0.2) is 192 Å². The molecule has 0 unspecified atom stereocenters. The number of rotatable bonds is 32. The normalized spacial score (nSPS) is 16.0. The Morgan fingerprint density at radius 3 is 0.586 bits per heavy atom. The fraction of sp³-hybridized carbons (Fsp3) is 0.360. The van der Waals surface area contributed by atoms with Gasteiger partial charge in [-0.2, -0.15) is 18.3 Å². The highest BCUT2D eigenvalue weighted by molar-refractivity contribution is 7.86. The molecular weight excluding hydrogens is 1890 g/mol. The van der Waals surface area contributed by atoms with E-state index in [1.54, 1.807) is 77.3 Å². The smallest absolute Gasteiger partial charge is 0.230 e. The van der Waals surface area contributed by atoms with Crippen molar-refractivity contribution in [3.63, 3.8) is 0 Å². The van der Waals surface area contributed by atoms with Crippen molar-refractivity contribution in [2.45, 2.75) is 151 Å². The lowest BCUT2D eigenvalue weighted by molar-refractivity contribution is -0.689. The van der Waals surface area contributed by atoms with Crippen LogP contribution in [0.3, 0.4) is 0 Å². The Bertz CT molecular complexity index is 6070. The maximum absolute atomic E-state index is 12.9. The van der Waals surface area contributed by atoms with E-state index in [0.717, 1.165) is 115 Å². The monoisotopic (exact) mass is 1990 g/mol. The van der Waals surface area contributed by atoms with Crippen molar-refractivity contribution in [2.75, 3.05) is 106 Å². The van der Waals surface area contributed by atoms with Crippen molar-refractivity contribution in [2.24, 2.45) is 0 Å². The third-order valence-electron chi connectivity index (χ3n) is 25.3. The van der Waals surface area contributed by atoms with Crippen LogP contribution < -0.4 is 75.1 Å². The van der Waals surface area contributed by atoms with Crippen LogP contribution in [0.1, 0.15) is 190 Å². The van der Waals surface area contributed by atoms with Gasteiger partial charge in [0.15, 0.2) is 75.8 Å². The van der Waals surface area contributed by atoms with Crippen LogP contribution in [0.5, 0.6) is 69.0 Å². The fourth-order valence-electron chi connectivity index (χ4n) is 18.8. The van der Waals surface area contributed by atoms with Gasteiger partial charge in [-0.1, -0.05) is 27.7 Å². The number of fused-ring (bicyclic) bond motifs is 8. The molecular formula is C100H104N8O28S4. The molecule has 40 heteroatoms. The van der Waals surface area contributed by atoms with E-state index in [1.807, 2.05) is 49.6 Å². The quantitative estimate of drug-likeness (QED) is 0.0215. The minimum Gasteiger partial charge on any atom is -0.744 e. The Morgan fingerprint density at radius 2 is 0.436 bits per heavy atom. The number of hydrogen-bond donors (Lipinski definition) is 0. The average molecular weight is 1990 g/mol. The van der Waals surface area contributed by atoms with Crippen LogP contribution in [0, 0.1) is 0 Å². The first kappa shape index (κ1) is 98.8. The Balaban J connectivity index is 0.000000194. The summed E-state index contributed by atoms with van der Waals surface area (Å²) in [4.78, 5) is 14.2.